The molecule has 0 atom stereocenters. The van der Waals surface area contributed by atoms with Gasteiger partial charge in [0.1, 0.15) is 11.3 Å². The summed E-state index contributed by atoms with van der Waals surface area (Å²) < 4.78 is 10.8. The molecule has 0 bridgehead atoms. The molecule has 0 spiro atoms. The zero-order valence-electron chi connectivity index (χ0n) is 12.0. The van der Waals surface area contributed by atoms with E-state index in [2.05, 4.69) is 6.07 Å². The second-order valence-electron chi connectivity index (χ2n) is 4.77. The largest absolute Gasteiger partial charge is 0.494 e. The number of nitriles is 1. The molecule has 0 radical (unpaired) electrons. The third kappa shape index (κ3) is 2.57. The standard InChI is InChI=1S/C18H13NO3/c1-2-21-15-8-7-14-9-16(18(20)22-17(14)10-15)13-5-3-12(11-19)4-6-13/h3-10H,2H2,1H3. The van der Waals surface area contributed by atoms with Crippen molar-refractivity contribution in [1.29, 1.82) is 5.26 Å². The van der Waals surface area contributed by atoms with E-state index in [0.29, 0.717) is 29.1 Å². The molecule has 0 fully saturated rings. The van der Waals surface area contributed by atoms with Gasteiger partial charge in [-0.1, -0.05) is 12.1 Å². The molecule has 4 heteroatoms. The van der Waals surface area contributed by atoms with Crippen molar-refractivity contribution in [2.75, 3.05) is 6.61 Å². The van der Waals surface area contributed by atoms with Gasteiger partial charge in [-0.05, 0) is 42.8 Å². The lowest BCUT2D eigenvalue weighted by atomic mass is 10.0. The topological polar surface area (TPSA) is 63.2 Å². The Hall–Kier alpha value is -3.06. The van der Waals surface area contributed by atoms with Crippen LogP contribution in [0.5, 0.6) is 5.75 Å². The molecule has 22 heavy (non-hydrogen) atoms. The summed E-state index contributed by atoms with van der Waals surface area (Å²) in [5, 5.41) is 9.64. The van der Waals surface area contributed by atoms with E-state index in [1.165, 1.54) is 0 Å². The highest BCUT2D eigenvalue weighted by atomic mass is 16.5. The van der Waals surface area contributed by atoms with Crippen LogP contribution in [0.15, 0.2) is 57.7 Å². The molecular weight excluding hydrogens is 278 g/mol. The van der Waals surface area contributed by atoms with E-state index in [0.717, 1.165) is 10.9 Å². The van der Waals surface area contributed by atoms with Crippen molar-refractivity contribution in [3.8, 4) is 22.9 Å². The van der Waals surface area contributed by atoms with Crippen molar-refractivity contribution >= 4 is 11.0 Å². The fourth-order valence-corrected chi connectivity index (χ4v) is 2.27. The van der Waals surface area contributed by atoms with Gasteiger partial charge < -0.3 is 9.15 Å². The summed E-state index contributed by atoms with van der Waals surface area (Å²) in [5.74, 6) is 0.671. The van der Waals surface area contributed by atoms with Crippen LogP contribution < -0.4 is 10.4 Å². The molecule has 1 heterocycles. The van der Waals surface area contributed by atoms with Gasteiger partial charge in [0.15, 0.2) is 0 Å². The fraction of sp³-hybridized carbons (Fsp3) is 0.111. The molecule has 0 aliphatic carbocycles. The van der Waals surface area contributed by atoms with Crippen LogP contribution in [0.4, 0.5) is 0 Å². The first kappa shape index (κ1) is 13.9. The summed E-state index contributed by atoms with van der Waals surface area (Å²) in [7, 11) is 0. The maximum atomic E-state index is 12.2. The lowest BCUT2D eigenvalue weighted by Gasteiger charge is -2.05. The number of fused-ring (bicyclic) bond motifs is 1. The number of nitrogens with zero attached hydrogens (tertiary/aromatic N) is 1. The van der Waals surface area contributed by atoms with Crippen molar-refractivity contribution < 1.29 is 9.15 Å². The van der Waals surface area contributed by atoms with Crippen molar-refractivity contribution in [3.63, 3.8) is 0 Å². The molecule has 0 amide bonds. The molecule has 3 aromatic rings. The van der Waals surface area contributed by atoms with Gasteiger partial charge in [-0.2, -0.15) is 5.26 Å². The minimum atomic E-state index is -0.411. The van der Waals surface area contributed by atoms with Gasteiger partial charge >= 0.3 is 5.63 Å². The first-order valence-corrected chi connectivity index (χ1v) is 6.92. The zero-order valence-corrected chi connectivity index (χ0v) is 12.0. The molecule has 4 nitrogen and oxygen atoms in total. The van der Waals surface area contributed by atoms with Crippen molar-refractivity contribution in [1.82, 2.24) is 0 Å². The highest BCUT2D eigenvalue weighted by Crippen LogP contribution is 2.24. The maximum Gasteiger partial charge on any atom is 0.344 e. The zero-order chi connectivity index (χ0) is 15.5. The van der Waals surface area contributed by atoms with Gasteiger partial charge in [0, 0.05) is 11.5 Å². The summed E-state index contributed by atoms with van der Waals surface area (Å²) >= 11 is 0. The van der Waals surface area contributed by atoms with E-state index in [4.69, 9.17) is 14.4 Å². The van der Waals surface area contributed by atoms with Gasteiger partial charge in [-0.15, -0.1) is 0 Å². The molecule has 0 saturated carbocycles. The van der Waals surface area contributed by atoms with E-state index in [1.807, 2.05) is 19.1 Å². The van der Waals surface area contributed by atoms with Gasteiger partial charge in [-0.25, -0.2) is 4.79 Å². The molecule has 108 valence electrons. The lowest BCUT2D eigenvalue weighted by Crippen LogP contribution is -2.02. The highest BCUT2D eigenvalue weighted by Gasteiger charge is 2.08. The molecule has 0 aliphatic heterocycles. The van der Waals surface area contributed by atoms with Crippen LogP contribution in [-0.2, 0) is 0 Å². The van der Waals surface area contributed by atoms with Crippen LogP contribution in [0, 0.1) is 11.3 Å². The Labute approximate surface area is 127 Å². The molecule has 1 aromatic heterocycles. The van der Waals surface area contributed by atoms with Gasteiger partial charge in [0.05, 0.1) is 23.8 Å². The summed E-state index contributed by atoms with van der Waals surface area (Å²) in [6, 6.07) is 16.1. The second kappa shape index (κ2) is 5.74. The number of hydrogen-bond acceptors (Lipinski definition) is 4. The first-order chi connectivity index (χ1) is 10.7. The molecule has 2 aromatic carbocycles. The molecule has 0 N–H and O–H groups in total. The first-order valence-electron chi connectivity index (χ1n) is 6.92. The van der Waals surface area contributed by atoms with E-state index in [-0.39, 0.29) is 0 Å². The predicted octanol–water partition coefficient (Wildman–Crippen LogP) is 3.73. The maximum absolute atomic E-state index is 12.2. The smallest absolute Gasteiger partial charge is 0.344 e. The third-order valence-electron chi connectivity index (χ3n) is 3.34. The van der Waals surface area contributed by atoms with Gasteiger partial charge in [-0.3, -0.25) is 0 Å². The monoisotopic (exact) mass is 291 g/mol. The molecular formula is C18H13NO3. The van der Waals surface area contributed by atoms with Gasteiger partial charge in [0.25, 0.3) is 0 Å². The van der Waals surface area contributed by atoms with Crippen molar-refractivity contribution in [2.45, 2.75) is 6.92 Å². The van der Waals surface area contributed by atoms with E-state index in [9.17, 15) is 4.79 Å². The van der Waals surface area contributed by atoms with Crippen LogP contribution in [0.1, 0.15) is 12.5 Å². The minimum absolute atomic E-state index is 0.411. The Morgan fingerprint density at radius 1 is 1.14 bits per heavy atom. The molecule has 0 saturated heterocycles. The SMILES string of the molecule is CCOc1ccc2cc(-c3ccc(C#N)cc3)c(=O)oc2c1. The van der Waals surface area contributed by atoms with Crippen molar-refractivity contribution in [3.05, 3.63) is 64.5 Å². The normalized spacial score (nSPS) is 10.4. The highest BCUT2D eigenvalue weighted by molar-refractivity contribution is 5.82. The Morgan fingerprint density at radius 2 is 1.91 bits per heavy atom. The van der Waals surface area contributed by atoms with E-state index >= 15 is 0 Å². The number of benzene rings is 2. The summed E-state index contributed by atoms with van der Waals surface area (Å²) in [4.78, 5) is 12.2. The number of rotatable bonds is 3. The van der Waals surface area contributed by atoms with Crippen LogP contribution in [0.2, 0.25) is 0 Å². The van der Waals surface area contributed by atoms with E-state index < -0.39 is 5.63 Å². The fourth-order valence-electron chi connectivity index (χ4n) is 2.27. The average molecular weight is 291 g/mol. The Bertz CT molecular complexity index is 918. The Balaban J connectivity index is 2.11. The predicted molar refractivity (Wildman–Crippen MR) is 83.8 cm³/mol. The number of hydrogen-bond donors (Lipinski definition) is 0. The van der Waals surface area contributed by atoms with Gasteiger partial charge in [0.2, 0.25) is 0 Å². The second-order valence-corrected chi connectivity index (χ2v) is 4.77. The lowest BCUT2D eigenvalue weighted by molar-refractivity contribution is 0.340. The molecule has 0 aliphatic rings. The van der Waals surface area contributed by atoms with Crippen LogP contribution in [0.3, 0.4) is 0 Å². The summed E-state index contributed by atoms with van der Waals surface area (Å²) in [6.45, 7) is 2.45. The Morgan fingerprint density at radius 3 is 2.59 bits per heavy atom. The Kier molecular flexibility index (Phi) is 3.63. The minimum Gasteiger partial charge on any atom is -0.494 e. The molecule has 0 unspecified atom stereocenters. The van der Waals surface area contributed by atoms with Crippen LogP contribution >= 0.6 is 0 Å². The molecule has 3 rings (SSSR count). The quantitative estimate of drug-likeness (QED) is 0.690. The average Bonchev–Trinajstić information content (AvgIpc) is 2.54. The van der Waals surface area contributed by atoms with Crippen LogP contribution in [-0.4, -0.2) is 6.61 Å². The van der Waals surface area contributed by atoms with Crippen molar-refractivity contribution in [2.24, 2.45) is 0 Å². The van der Waals surface area contributed by atoms with Crippen LogP contribution in [0.25, 0.3) is 22.1 Å². The van der Waals surface area contributed by atoms with E-state index in [1.54, 1.807) is 36.4 Å². The third-order valence-corrected chi connectivity index (χ3v) is 3.34. The summed E-state index contributed by atoms with van der Waals surface area (Å²) in [5.41, 5.74) is 1.83. The number of ether oxygens (including phenoxy) is 1. The summed E-state index contributed by atoms with van der Waals surface area (Å²) in [6.07, 6.45) is 0.